The number of methoxy groups -OCH3 is 1. The quantitative estimate of drug-likeness (QED) is 0.309. The molecule has 200 valence electrons. The minimum Gasteiger partial charge on any atom is -0.497 e. The van der Waals surface area contributed by atoms with E-state index in [9.17, 15) is 4.79 Å². The third-order valence-electron chi connectivity index (χ3n) is 6.78. The Morgan fingerprint density at radius 3 is 2.59 bits per heavy atom. The third kappa shape index (κ3) is 5.55. The molecule has 0 N–H and O–H groups in total. The summed E-state index contributed by atoms with van der Waals surface area (Å²) in [5, 5.41) is 9.52. The van der Waals surface area contributed by atoms with Gasteiger partial charge in [0.05, 0.1) is 12.9 Å². The maximum absolute atomic E-state index is 13.1. The molecule has 4 aromatic rings. The molecule has 2 aliphatic rings. The number of ether oxygens (including phenoxy) is 3. The minimum absolute atomic E-state index is 0.0925. The lowest BCUT2D eigenvalue weighted by Crippen LogP contribution is -2.48. The van der Waals surface area contributed by atoms with E-state index in [4.69, 9.17) is 14.2 Å². The Balaban J connectivity index is 1.10. The largest absolute Gasteiger partial charge is 0.497 e. The van der Waals surface area contributed by atoms with Gasteiger partial charge < -0.3 is 19.1 Å². The van der Waals surface area contributed by atoms with Gasteiger partial charge in [-0.2, -0.15) is 0 Å². The molecule has 1 amide bonds. The van der Waals surface area contributed by atoms with Gasteiger partial charge >= 0.3 is 0 Å². The summed E-state index contributed by atoms with van der Waals surface area (Å²) in [5.74, 6) is 3.39. The van der Waals surface area contributed by atoms with Gasteiger partial charge in [0.15, 0.2) is 22.5 Å². The molecule has 39 heavy (non-hydrogen) atoms. The van der Waals surface area contributed by atoms with E-state index in [1.807, 2.05) is 58.0 Å². The molecule has 6 rings (SSSR count). The van der Waals surface area contributed by atoms with E-state index >= 15 is 0 Å². The standard InChI is InChI=1S/C28H28N6O4S/c1-36-23-7-5-22(6-8-23)34-27(21-3-2-10-29-16-21)30-31-28(34)39-18-26(35)33-13-11-32(12-14-33)17-20-4-9-24-25(15-20)38-19-37-24/h2-10,15-16H,11-14,17-19H2,1H3. The normalized spacial score (nSPS) is 14.9. The van der Waals surface area contributed by atoms with Gasteiger partial charge in [0, 0.05) is 56.4 Å². The number of benzene rings is 2. The molecule has 0 atom stereocenters. The summed E-state index contributed by atoms with van der Waals surface area (Å²) in [6, 6.07) is 17.6. The number of fused-ring (bicyclic) bond motifs is 1. The summed E-state index contributed by atoms with van der Waals surface area (Å²) in [5.41, 5.74) is 2.90. The number of piperazine rings is 1. The van der Waals surface area contributed by atoms with Crippen LogP contribution < -0.4 is 14.2 Å². The molecular formula is C28H28N6O4S. The van der Waals surface area contributed by atoms with Crippen LogP contribution in [0.15, 0.2) is 72.1 Å². The summed E-state index contributed by atoms with van der Waals surface area (Å²) in [4.78, 5) is 21.7. The fourth-order valence-electron chi connectivity index (χ4n) is 4.68. The third-order valence-corrected chi connectivity index (χ3v) is 7.69. The predicted octanol–water partition coefficient (Wildman–Crippen LogP) is 3.50. The first kappa shape index (κ1) is 25.2. The number of thioether (sulfide) groups is 1. The maximum atomic E-state index is 13.1. The van der Waals surface area contributed by atoms with Crippen molar-refractivity contribution in [2.45, 2.75) is 11.7 Å². The molecule has 11 heteroatoms. The van der Waals surface area contributed by atoms with Crippen LogP contribution in [0.2, 0.25) is 0 Å². The van der Waals surface area contributed by atoms with Gasteiger partial charge in [-0.05, 0) is 54.1 Å². The van der Waals surface area contributed by atoms with Crippen LogP contribution >= 0.6 is 11.8 Å². The van der Waals surface area contributed by atoms with Gasteiger partial charge in [0.25, 0.3) is 0 Å². The molecule has 0 saturated carbocycles. The molecule has 0 radical (unpaired) electrons. The number of nitrogens with zero attached hydrogens (tertiary/aromatic N) is 6. The molecule has 4 heterocycles. The lowest BCUT2D eigenvalue weighted by molar-refractivity contribution is -0.130. The number of amides is 1. The zero-order valence-electron chi connectivity index (χ0n) is 21.5. The number of aromatic nitrogens is 4. The van der Waals surface area contributed by atoms with Gasteiger partial charge in [-0.15, -0.1) is 10.2 Å². The number of carbonyl (C=O) groups excluding carboxylic acids is 1. The van der Waals surface area contributed by atoms with E-state index in [-0.39, 0.29) is 18.5 Å². The second-order valence-electron chi connectivity index (χ2n) is 9.21. The fraction of sp³-hybridized carbons (Fsp3) is 0.286. The van der Waals surface area contributed by atoms with Gasteiger partial charge in [-0.25, -0.2) is 0 Å². The average molecular weight is 545 g/mol. The topological polar surface area (TPSA) is 94.8 Å². The van der Waals surface area contributed by atoms with E-state index in [0.717, 1.165) is 48.1 Å². The van der Waals surface area contributed by atoms with Crippen molar-refractivity contribution in [1.29, 1.82) is 0 Å². The van der Waals surface area contributed by atoms with Crippen LogP contribution in [0.25, 0.3) is 17.1 Å². The number of rotatable bonds is 8. The van der Waals surface area contributed by atoms with Crippen molar-refractivity contribution < 1.29 is 19.0 Å². The zero-order valence-corrected chi connectivity index (χ0v) is 22.3. The number of carbonyl (C=O) groups is 1. The second kappa shape index (κ2) is 11.3. The summed E-state index contributed by atoms with van der Waals surface area (Å²) >= 11 is 1.39. The lowest BCUT2D eigenvalue weighted by atomic mass is 10.1. The van der Waals surface area contributed by atoms with Crippen molar-refractivity contribution >= 4 is 17.7 Å². The Kier molecular flexibility index (Phi) is 7.33. The SMILES string of the molecule is COc1ccc(-n2c(SCC(=O)N3CCN(Cc4ccc5c(c4)OCO5)CC3)nnc2-c2cccnc2)cc1. The Hall–Kier alpha value is -4.09. The minimum atomic E-state index is 0.0925. The average Bonchev–Trinajstić information content (AvgIpc) is 3.64. The Morgan fingerprint density at radius 2 is 1.82 bits per heavy atom. The highest BCUT2D eigenvalue weighted by molar-refractivity contribution is 7.99. The maximum Gasteiger partial charge on any atom is 0.233 e. The molecule has 1 fully saturated rings. The van der Waals surface area contributed by atoms with Crippen LogP contribution in [0.4, 0.5) is 0 Å². The highest BCUT2D eigenvalue weighted by Crippen LogP contribution is 2.33. The Morgan fingerprint density at radius 1 is 1.00 bits per heavy atom. The molecular weight excluding hydrogens is 516 g/mol. The number of hydrogen-bond donors (Lipinski definition) is 0. The molecule has 2 aromatic carbocycles. The molecule has 0 spiro atoms. The first-order valence-electron chi connectivity index (χ1n) is 12.7. The van der Waals surface area contributed by atoms with Crippen molar-refractivity contribution in [3.8, 4) is 34.3 Å². The summed E-state index contributed by atoms with van der Waals surface area (Å²) in [7, 11) is 1.64. The van der Waals surface area contributed by atoms with E-state index in [2.05, 4.69) is 26.1 Å². The molecule has 1 saturated heterocycles. The van der Waals surface area contributed by atoms with E-state index < -0.39 is 0 Å². The molecule has 0 bridgehead atoms. The van der Waals surface area contributed by atoms with Crippen molar-refractivity contribution in [2.75, 3.05) is 45.8 Å². The lowest BCUT2D eigenvalue weighted by Gasteiger charge is -2.34. The zero-order chi connectivity index (χ0) is 26.6. The van der Waals surface area contributed by atoms with E-state index in [1.54, 1.807) is 19.5 Å². The van der Waals surface area contributed by atoms with E-state index in [0.29, 0.717) is 24.1 Å². The molecule has 10 nitrogen and oxygen atoms in total. The van der Waals surface area contributed by atoms with Crippen LogP contribution in [0, 0.1) is 0 Å². The predicted molar refractivity (Wildman–Crippen MR) is 146 cm³/mol. The highest BCUT2D eigenvalue weighted by Gasteiger charge is 2.24. The first-order chi connectivity index (χ1) is 19.2. The summed E-state index contributed by atoms with van der Waals surface area (Å²) in [6.45, 7) is 4.11. The van der Waals surface area contributed by atoms with Gasteiger partial charge in [-0.1, -0.05) is 17.8 Å². The second-order valence-corrected chi connectivity index (χ2v) is 10.2. The Bertz CT molecular complexity index is 1440. The van der Waals surface area contributed by atoms with Crippen LogP contribution in [-0.4, -0.2) is 81.3 Å². The summed E-state index contributed by atoms with van der Waals surface area (Å²) in [6.07, 6.45) is 3.48. The van der Waals surface area contributed by atoms with Gasteiger partial charge in [0.2, 0.25) is 12.7 Å². The molecule has 2 aromatic heterocycles. The van der Waals surface area contributed by atoms with E-state index in [1.165, 1.54) is 17.3 Å². The Labute approximate surface area is 230 Å². The monoisotopic (exact) mass is 544 g/mol. The molecule has 0 aliphatic carbocycles. The van der Waals surface area contributed by atoms with Crippen molar-refractivity contribution in [1.82, 2.24) is 29.5 Å². The first-order valence-corrected chi connectivity index (χ1v) is 13.7. The van der Waals surface area contributed by atoms with Gasteiger partial charge in [-0.3, -0.25) is 19.2 Å². The van der Waals surface area contributed by atoms with Crippen molar-refractivity contribution in [3.63, 3.8) is 0 Å². The van der Waals surface area contributed by atoms with Crippen LogP contribution in [0.3, 0.4) is 0 Å². The fourth-order valence-corrected chi connectivity index (χ4v) is 5.53. The molecule has 0 unspecified atom stereocenters. The van der Waals surface area contributed by atoms with Crippen LogP contribution in [0.1, 0.15) is 5.56 Å². The molecule has 2 aliphatic heterocycles. The highest BCUT2D eigenvalue weighted by atomic mass is 32.2. The van der Waals surface area contributed by atoms with Crippen molar-refractivity contribution in [3.05, 3.63) is 72.6 Å². The van der Waals surface area contributed by atoms with Crippen LogP contribution in [0.5, 0.6) is 17.2 Å². The van der Waals surface area contributed by atoms with Gasteiger partial charge in [0.1, 0.15) is 5.75 Å². The summed E-state index contributed by atoms with van der Waals surface area (Å²) < 4.78 is 18.2. The van der Waals surface area contributed by atoms with Crippen molar-refractivity contribution in [2.24, 2.45) is 0 Å². The van der Waals surface area contributed by atoms with Crippen LogP contribution in [-0.2, 0) is 11.3 Å². The number of pyridine rings is 1. The smallest absolute Gasteiger partial charge is 0.233 e. The number of hydrogen-bond acceptors (Lipinski definition) is 9.